The molecule has 0 aromatic heterocycles. The summed E-state index contributed by atoms with van der Waals surface area (Å²) in [5.74, 6) is -0.872. The third kappa shape index (κ3) is 4.37. The summed E-state index contributed by atoms with van der Waals surface area (Å²) in [6.07, 6.45) is 0. The standard InChI is InChI=1S/C18H18ClN3O4/c1-11-5-4-6-12(2)17(11)20-16(23)10-21(3)18(24)13-7-8-14(19)15(9-13)22(25)26/h4-9H,10H2,1-3H3,(H,20,23). The molecule has 0 heterocycles. The molecule has 0 unspecified atom stereocenters. The van der Waals surface area contributed by atoms with E-state index in [2.05, 4.69) is 5.32 Å². The topological polar surface area (TPSA) is 92.6 Å². The Morgan fingerprint density at radius 1 is 1.19 bits per heavy atom. The molecular weight excluding hydrogens is 358 g/mol. The van der Waals surface area contributed by atoms with Crippen molar-refractivity contribution in [3.05, 3.63) is 68.2 Å². The van der Waals surface area contributed by atoms with Crippen LogP contribution in [0.2, 0.25) is 5.02 Å². The molecule has 2 rings (SSSR count). The quantitative estimate of drug-likeness (QED) is 0.638. The molecule has 0 fully saturated rings. The van der Waals surface area contributed by atoms with Gasteiger partial charge < -0.3 is 10.2 Å². The number of amides is 2. The molecule has 26 heavy (non-hydrogen) atoms. The van der Waals surface area contributed by atoms with Crippen molar-refractivity contribution in [3.63, 3.8) is 0 Å². The van der Waals surface area contributed by atoms with Gasteiger partial charge in [0.2, 0.25) is 5.91 Å². The van der Waals surface area contributed by atoms with Gasteiger partial charge in [-0.25, -0.2) is 0 Å². The summed E-state index contributed by atoms with van der Waals surface area (Å²) >= 11 is 5.75. The van der Waals surface area contributed by atoms with Crippen LogP contribution in [-0.2, 0) is 4.79 Å². The zero-order valence-electron chi connectivity index (χ0n) is 14.6. The minimum Gasteiger partial charge on any atom is -0.332 e. The van der Waals surface area contributed by atoms with Crippen LogP contribution < -0.4 is 5.32 Å². The summed E-state index contributed by atoms with van der Waals surface area (Å²) in [4.78, 5) is 36.2. The highest BCUT2D eigenvalue weighted by Crippen LogP contribution is 2.25. The van der Waals surface area contributed by atoms with Gasteiger partial charge in [0.15, 0.2) is 0 Å². The smallest absolute Gasteiger partial charge is 0.288 e. The number of aryl methyl sites for hydroxylation is 2. The fraction of sp³-hybridized carbons (Fsp3) is 0.222. The molecule has 0 aliphatic carbocycles. The first-order valence-corrected chi connectivity index (χ1v) is 8.14. The first-order chi connectivity index (χ1) is 12.2. The van der Waals surface area contributed by atoms with Crippen LogP contribution in [0.5, 0.6) is 0 Å². The Kier molecular flexibility index (Phi) is 5.94. The first-order valence-electron chi connectivity index (χ1n) is 7.76. The summed E-state index contributed by atoms with van der Waals surface area (Å²) in [6, 6.07) is 9.43. The second-order valence-corrected chi connectivity index (χ2v) is 6.31. The lowest BCUT2D eigenvalue weighted by Crippen LogP contribution is -2.35. The van der Waals surface area contributed by atoms with Crippen molar-refractivity contribution in [2.75, 3.05) is 18.9 Å². The van der Waals surface area contributed by atoms with Gasteiger partial charge in [0.05, 0.1) is 11.5 Å². The number of likely N-dealkylation sites (N-methyl/N-ethyl adjacent to an activating group) is 1. The molecule has 136 valence electrons. The molecule has 1 N–H and O–H groups in total. The van der Waals surface area contributed by atoms with E-state index in [1.807, 2.05) is 32.0 Å². The molecule has 0 atom stereocenters. The molecule has 7 nitrogen and oxygen atoms in total. The largest absolute Gasteiger partial charge is 0.332 e. The number of hydrogen-bond acceptors (Lipinski definition) is 4. The van der Waals surface area contributed by atoms with Crippen molar-refractivity contribution < 1.29 is 14.5 Å². The van der Waals surface area contributed by atoms with Crippen molar-refractivity contribution in [2.45, 2.75) is 13.8 Å². The maximum Gasteiger partial charge on any atom is 0.288 e. The molecule has 0 aliphatic rings. The number of rotatable bonds is 5. The SMILES string of the molecule is Cc1cccc(C)c1NC(=O)CN(C)C(=O)c1ccc(Cl)c([N+](=O)[O-])c1. The summed E-state index contributed by atoms with van der Waals surface area (Å²) in [6.45, 7) is 3.57. The number of carbonyl (C=O) groups is 2. The number of nitrogens with one attached hydrogen (secondary N) is 1. The van der Waals surface area contributed by atoms with Crippen LogP contribution in [0, 0.1) is 24.0 Å². The fourth-order valence-corrected chi connectivity index (χ4v) is 2.67. The lowest BCUT2D eigenvalue weighted by atomic mass is 10.1. The maximum atomic E-state index is 12.4. The average Bonchev–Trinajstić information content (AvgIpc) is 2.57. The molecule has 2 aromatic carbocycles. The highest BCUT2D eigenvalue weighted by molar-refractivity contribution is 6.32. The lowest BCUT2D eigenvalue weighted by Gasteiger charge is -2.18. The summed E-state index contributed by atoms with van der Waals surface area (Å²) in [5.41, 5.74) is 2.27. The number of para-hydroxylation sites is 1. The predicted molar refractivity (Wildman–Crippen MR) is 99.6 cm³/mol. The predicted octanol–water partition coefficient (Wildman–Crippen LogP) is 3.58. The van der Waals surface area contributed by atoms with E-state index in [1.54, 1.807) is 0 Å². The second kappa shape index (κ2) is 7.97. The van der Waals surface area contributed by atoms with E-state index in [0.29, 0.717) is 5.69 Å². The molecule has 0 radical (unpaired) electrons. The van der Waals surface area contributed by atoms with Crippen LogP contribution in [0.1, 0.15) is 21.5 Å². The van der Waals surface area contributed by atoms with Crippen molar-refractivity contribution in [1.82, 2.24) is 4.90 Å². The van der Waals surface area contributed by atoms with Gasteiger partial charge >= 0.3 is 0 Å². The van der Waals surface area contributed by atoms with Gasteiger partial charge in [0, 0.05) is 24.4 Å². The first kappa shape index (κ1) is 19.4. The number of benzene rings is 2. The van der Waals surface area contributed by atoms with Crippen LogP contribution in [0.4, 0.5) is 11.4 Å². The van der Waals surface area contributed by atoms with E-state index in [-0.39, 0.29) is 28.7 Å². The zero-order valence-corrected chi connectivity index (χ0v) is 15.3. The lowest BCUT2D eigenvalue weighted by molar-refractivity contribution is -0.384. The highest BCUT2D eigenvalue weighted by Gasteiger charge is 2.20. The zero-order chi connectivity index (χ0) is 19.4. The normalized spacial score (nSPS) is 10.3. The van der Waals surface area contributed by atoms with E-state index < -0.39 is 10.8 Å². The number of halogens is 1. The van der Waals surface area contributed by atoms with E-state index in [1.165, 1.54) is 24.1 Å². The van der Waals surface area contributed by atoms with Gasteiger partial charge in [-0.1, -0.05) is 29.8 Å². The molecular formula is C18H18ClN3O4. The van der Waals surface area contributed by atoms with E-state index >= 15 is 0 Å². The molecule has 0 bridgehead atoms. The van der Waals surface area contributed by atoms with Gasteiger partial charge in [-0.05, 0) is 37.1 Å². The number of nitro groups is 1. The van der Waals surface area contributed by atoms with Crippen LogP contribution in [0.25, 0.3) is 0 Å². The van der Waals surface area contributed by atoms with Gasteiger partial charge in [-0.15, -0.1) is 0 Å². The van der Waals surface area contributed by atoms with Crippen molar-refractivity contribution in [2.24, 2.45) is 0 Å². The third-order valence-electron chi connectivity index (χ3n) is 3.86. The van der Waals surface area contributed by atoms with Crippen molar-refractivity contribution in [1.29, 1.82) is 0 Å². The van der Waals surface area contributed by atoms with Gasteiger partial charge in [-0.2, -0.15) is 0 Å². The van der Waals surface area contributed by atoms with Crippen LogP contribution in [0.3, 0.4) is 0 Å². The Labute approximate surface area is 155 Å². The number of carbonyl (C=O) groups excluding carboxylic acids is 2. The molecule has 0 aliphatic heterocycles. The molecule has 0 saturated carbocycles. The number of hydrogen-bond donors (Lipinski definition) is 1. The number of nitro benzene ring substituents is 1. The maximum absolute atomic E-state index is 12.4. The Balaban J connectivity index is 2.10. The molecule has 8 heteroatoms. The Morgan fingerprint density at radius 2 is 1.81 bits per heavy atom. The van der Waals surface area contributed by atoms with Crippen molar-refractivity contribution in [3.8, 4) is 0 Å². The van der Waals surface area contributed by atoms with E-state index in [9.17, 15) is 19.7 Å². The minimum absolute atomic E-state index is 0.0537. The Hall–Kier alpha value is -2.93. The van der Waals surface area contributed by atoms with Gasteiger partial charge in [-0.3, -0.25) is 19.7 Å². The van der Waals surface area contributed by atoms with E-state index in [0.717, 1.165) is 17.2 Å². The van der Waals surface area contributed by atoms with Crippen molar-refractivity contribution >= 4 is 34.8 Å². The average molecular weight is 376 g/mol. The van der Waals surface area contributed by atoms with Crippen LogP contribution in [0.15, 0.2) is 36.4 Å². The summed E-state index contributed by atoms with van der Waals surface area (Å²) < 4.78 is 0. The van der Waals surface area contributed by atoms with E-state index in [4.69, 9.17) is 11.6 Å². The monoisotopic (exact) mass is 375 g/mol. The Bertz CT molecular complexity index is 862. The fourth-order valence-electron chi connectivity index (χ4n) is 2.48. The highest BCUT2D eigenvalue weighted by atomic mass is 35.5. The summed E-state index contributed by atoms with van der Waals surface area (Å²) in [7, 11) is 1.45. The molecule has 2 aromatic rings. The van der Waals surface area contributed by atoms with Crippen LogP contribution in [-0.4, -0.2) is 35.2 Å². The van der Waals surface area contributed by atoms with Gasteiger partial charge in [0.1, 0.15) is 5.02 Å². The van der Waals surface area contributed by atoms with Crippen LogP contribution >= 0.6 is 11.6 Å². The Morgan fingerprint density at radius 3 is 2.38 bits per heavy atom. The van der Waals surface area contributed by atoms with Gasteiger partial charge in [0.25, 0.3) is 11.6 Å². The molecule has 2 amide bonds. The minimum atomic E-state index is -0.660. The summed E-state index contributed by atoms with van der Waals surface area (Å²) in [5, 5.41) is 13.7. The molecule has 0 saturated heterocycles. The second-order valence-electron chi connectivity index (χ2n) is 5.90. The number of anilines is 1. The number of nitrogens with zero attached hydrogens (tertiary/aromatic N) is 2. The molecule has 0 spiro atoms. The third-order valence-corrected chi connectivity index (χ3v) is 4.18.